The summed E-state index contributed by atoms with van der Waals surface area (Å²) < 4.78 is 33.7. The number of hydrogen-bond donors (Lipinski definition) is 0. The summed E-state index contributed by atoms with van der Waals surface area (Å²) >= 11 is 0. The SMILES string of the molecule is CCCCCCCCCCCCCC/C=C\CC(=O)OC[C@H](COP(=O)([O-])OCC[N+](C)(C)C)OC(=O)C/C=C\CCCCCCCCCCCCCC. The van der Waals surface area contributed by atoms with Crippen molar-refractivity contribution in [2.45, 2.75) is 200 Å². The van der Waals surface area contributed by atoms with Crippen molar-refractivity contribution >= 4 is 19.8 Å². The summed E-state index contributed by atoms with van der Waals surface area (Å²) in [6.07, 6.45) is 39.7. The quantitative estimate of drug-likeness (QED) is 0.0198. The molecule has 9 nitrogen and oxygen atoms in total. The molecule has 54 heavy (non-hydrogen) atoms. The largest absolute Gasteiger partial charge is 0.756 e. The number of esters is 2. The molecule has 0 rings (SSSR count). The van der Waals surface area contributed by atoms with Gasteiger partial charge in [-0.15, -0.1) is 0 Å². The molecule has 318 valence electrons. The zero-order valence-electron chi connectivity index (χ0n) is 35.7. The van der Waals surface area contributed by atoms with E-state index in [9.17, 15) is 19.0 Å². The first-order chi connectivity index (χ1) is 26.0. The smallest absolute Gasteiger partial charge is 0.310 e. The zero-order chi connectivity index (χ0) is 40.0. The van der Waals surface area contributed by atoms with Crippen LogP contribution < -0.4 is 4.89 Å². The molecule has 0 aromatic heterocycles. The molecule has 2 atom stereocenters. The standard InChI is InChI=1S/C44H84NO8P/c1-6-8-10-12-14-16-18-20-22-24-26-28-30-32-34-36-43(46)50-40-42(41-52-54(48,49)51-39-38-45(3,4)5)53-44(47)37-35-33-31-29-27-25-23-21-19-17-15-13-11-9-7-2/h32-35,42H,6-31,36-41H2,1-5H3/b34-32-,35-33-/t42-/m1/s1. The van der Waals surface area contributed by atoms with E-state index in [4.69, 9.17) is 18.5 Å². The molecule has 0 aliphatic carbocycles. The van der Waals surface area contributed by atoms with Gasteiger partial charge in [-0.3, -0.25) is 14.2 Å². The van der Waals surface area contributed by atoms with E-state index in [0.29, 0.717) is 11.0 Å². The molecule has 0 fully saturated rings. The van der Waals surface area contributed by atoms with Gasteiger partial charge in [0.1, 0.15) is 19.8 Å². The Balaban J connectivity index is 4.44. The molecule has 0 aliphatic rings. The number of carbonyl (C=O) groups is 2. The van der Waals surface area contributed by atoms with Gasteiger partial charge in [-0.2, -0.15) is 0 Å². The van der Waals surface area contributed by atoms with Crippen LogP contribution in [-0.4, -0.2) is 70.0 Å². The van der Waals surface area contributed by atoms with E-state index in [2.05, 4.69) is 13.8 Å². The summed E-state index contributed by atoms with van der Waals surface area (Å²) in [4.78, 5) is 37.4. The number of carbonyl (C=O) groups excluding carboxylic acids is 2. The van der Waals surface area contributed by atoms with Crippen LogP contribution in [0, 0.1) is 0 Å². The van der Waals surface area contributed by atoms with Gasteiger partial charge in [0.2, 0.25) is 0 Å². The van der Waals surface area contributed by atoms with Crippen LogP contribution >= 0.6 is 7.82 Å². The van der Waals surface area contributed by atoms with Gasteiger partial charge in [-0.1, -0.05) is 179 Å². The molecule has 0 amide bonds. The van der Waals surface area contributed by atoms with Crippen molar-refractivity contribution in [3.05, 3.63) is 24.3 Å². The number of hydrogen-bond acceptors (Lipinski definition) is 8. The first-order valence-corrected chi connectivity index (χ1v) is 23.5. The van der Waals surface area contributed by atoms with Gasteiger partial charge in [0.05, 0.1) is 40.6 Å². The van der Waals surface area contributed by atoms with Gasteiger partial charge >= 0.3 is 11.9 Å². The molecule has 0 aromatic carbocycles. The maximum atomic E-state index is 12.6. The predicted molar refractivity (Wildman–Crippen MR) is 222 cm³/mol. The second-order valence-electron chi connectivity index (χ2n) is 16.1. The van der Waals surface area contributed by atoms with Crippen molar-refractivity contribution in [2.24, 2.45) is 0 Å². The summed E-state index contributed by atoms with van der Waals surface area (Å²) in [6.45, 7) is 4.12. The van der Waals surface area contributed by atoms with Crippen LogP contribution in [0.3, 0.4) is 0 Å². The first kappa shape index (κ1) is 52.5. The Morgan fingerprint density at radius 1 is 0.556 bits per heavy atom. The third kappa shape index (κ3) is 40.2. The number of quaternary nitrogens is 1. The highest BCUT2D eigenvalue weighted by atomic mass is 31.2. The van der Waals surface area contributed by atoms with E-state index < -0.39 is 32.5 Å². The first-order valence-electron chi connectivity index (χ1n) is 22.0. The van der Waals surface area contributed by atoms with E-state index in [1.165, 1.54) is 141 Å². The third-order valence-corrected chi connectivity index (χ3v) is 10.5. The van der Waals surface area contributed by atoms with Crippen LogP contribution in [0.1, 0.15) is 194 Å². The van der Waals surface area contributed by atoms with Gasteiger partial charge < -0.3 is 27.9 Å². The number of rotatable bonds is 40. The normalized spacial score (nSPS) is 13.8. The van der Waals surface area contributed by atoms with E-state index in [1.54, 1.807) is 12.2 Å². The topological polar surface area (TPSA) is 111 Å². The minimum Gasteiger partial charge on any atom is -0.756 e. The van der Waals surface area contributed by atoms with Crippen LogP contribution in [0.25, 0.3) is 0 Å². The Labute approximate surface area is 332 Å². The van der Waals surface area contributed by atoms with E-state index in [0.717, 1.165) is 25.7 Å². The van der Waals surface area contributed by atoms with Crippen molar-refractivity contribution in [2.75, 3.05) is 47.5 Å². The Morgan fingerprint density at radius 2 is 0.944 bits per heavy atom. The van der Waals surface area contributed by atoms with Gasteiger partial charge in [0, 0.05) is 0 Å². The summed E-state index contributed by atoms with van der Waals surface area (Å²) in [6, 6.07) is 0. The molecule has 0 heterocycles. The van der Waals surface area contributed by atoms with Crippen LogP contribution in [0.5, 0.6) is 0 Å². The number of ether oxygens (including phenoxy) is 2. The van der Waals surface area contributed by atoms with Gasteiger partial charge in [0.15, 0.2) is 6.10 Å². The highest BCUT2D eigenvalue weighted by molar-refractivity contribution is 7.45. The van der Waals surface area contributed by atoms with Crippen LogP contribution in [0.2, 0.25) is 0 Å². The lowest BCUT2D eigenvalue weighted by Gasteiger charge is -2.28. The lowest BCUT2D eigenvalue weighted by Crippen LogP contribution is -2.37. The fraction of sp³-hybridized carbons (Fsp3) is 0.864. The van der Waals surface area contributed by atoms with Crippen molar-refractivity contribution in [1.82, 2.24) is 0 Å². The molecule has 0 aliphatic heterocycles. The second kappa shape index (κ2) is 37.1. The zero-order valence-corrected chi connectivity index (χ0v) is 36.6. The molecule has 0 aromatic rings. The van der Waals surface area contributed by atoms with E-state index in [1.807, 2.05) is 33.3 Å². The molecule has 0 saturated carbocycles. The van der Waals surface area contributed by atoms with Crippen LogP contribution in [0.15, 0.2) is 24.3 Å². The van der Waals surface area contributed by atoms with Gasteiger partial charge in [-0.05, 0) is 25.7 Å². The average Bonchev–Trinajstić information content (AvgIpc) is 3.12. The number of allylic oxidation sites excluding steroid dienone is 2. The third-order valence-electron chi connectivity index (χ3n) is 9.51. The Morgan fingerprint density at radius 3 is 1.35 bits per heavy atom. The molecule has 0 bridgehead atoms. The van der Waals surface area contributed by atoms with E-state index >= 15 is 0 Å². The molecule has 1 unspecified atom stereocenters. The maximum absolute atomic E-state index is 12.6. The fourth-order valence-corrected chi connectivity index (χ4v) is 6.76. The summed E-state index contributed by atoms with van der Waals surface area (Å²) in [5.74, 6) is -1.02. The number of unbranched alkanes of at least 4 members (excludes halogenated alkanes) is 24. The molecule has 10 heteroatoms. The number of nitrogens with zero attached hydrogens (tertiary/aromatic N) is 1. The number of phosphoric acid groups is 1. The average molecular weight is 786 g/mol. The highest BCUT2D eigenvalue weighted by Gasteiger charge is 2.21. The van der Waals surface area contributed by atoms with Crippen molar-refractivity contribution in [3.8, 4) is 0 Å². The lowest BCUT2D eigenvalue weighted by atomic mass is 10.0. The molecule has 0 radical (unpaired) electrons. The van der Waals surface area contributed by atoms with Gasteiger partial charge in [-0.25, -0.2) is 0 Å². The minimum atomic E-state index is -4.64. The van der Waals surface area contributed by atoms with Gasteiger partial charge in [0.25, 0.3) is 7.82 Å². The Bertz CT molecular complexity index is 980. The minimum absolute atomic E-state index is 0.0413. The fourth-order valence-electron chi connectivity index (χ4n) is 6.03. The monoisotopic (exact) mass is 786 g/mol. The van der Waals surface area contributed by atoms with Crippen LogP contribution in [0.4, 0.5) is 0 Å². The van der Waals surface area contributed by atoms with Crippen molar-refractivity contribution in [1.29, 1.82) is 0 Å². The van der Waals surface area contributed by atoms with Crippen molar-refractivity contribution in [3.63, 3.8) is 0 Å². The highest BCUT2D eigenvalue weighted by Crippen LogP contribution is 2.38. The second-order valence-corrected chi connectivity index (χ2v) is 17.5. The molecule has 0 N–H and O–H groups in total. The number of likely N-dealkylation sites (N-methyl/N-ethyl adjacent to an activating group) is 1. The van der Waals surface area contributed by atoms with Crippen molar-refractivity contribution < 1.29 is 42.1 Å². The summed E-state index contributed by atoms with van der Waals surface area (Å²) in [7, 11) is 1.13. The van der Waals surface area contributed by atoms with Crippen LogP contribution in [-0.2, 0) is 32.7 Å². The molecule has 0 saturated heterocycles. The Hall–Kier alpha value is -1.51. The summed E-state index contributed by atoms with van der Waals surface area (Å²) in [5.41, 5.74) is 0. The maximum Gasteiger partial charge on any atom is 0.310 e. The Kier molecular flexibility index (Phi) is 36.1. The molecular weight excluding hydrogens is 701 g/mol. The summed E-state index contributed by atoms with van der Waals surface area (Å²) in [5, 5.41) is 0. The lowest BCUT2D eigenvalue weighted by molar-refractivity contribution is -0.870. The molecule has 0 spiro atoms. The van der Waals surface area contributed by atoms with E-state index in [-0.39, 0.29) is 26.1 Å². The predicted octanol–water partition coefficient (Wildman–Crippen LogP) is 11.7. The molecular formula is C44H84NO8P. The number of phosphoric ester groups is 1.